The second-order valence-electron chi connectivity index (χ2n) is 7.18. The molecule has 10 heteroatoms. The Morgan fingerprint density at radius 3 is 2.15 bits per heavy atom. The lowest BCUT2D eigenvalue weighted by Crippen LogP contribution is -2.41. The standard InChI is InChI=1S/C23H19FN4O4S/c1-28-14-19(17-6-3-5-9-21(17)28)23(30)26-25-22(29)18-7-2-4-8-20(18)27-33(31,32)16-12-10-15(24)11-13-16/h2-14,27H,1H3,(H,25,29)(H,26,30). The molecule has 0 aliphatic rings. The average molecular weight is 466 g/mol. The number of carbonyl (C=O) groups excluding carboxylic acids is 2. The SMILES string of the molecule is Cn1cc(C(=O)NNC(=O)c2ccccc2NS(=O)(=O)c2ccc(F)cc2)c2ccccc21. The number of rotatable bonds is 5. The van der Waals surface area contributed by atoms with Crippen molar-refractivity contribution in [3.63, 3.8) is 0 Å². The fraction of sp³-hybridized carbons (Fsp3) is 0.0435. The van der Waals surface area contributed by atoms with E-state index in [4.69, 9.17) is 0 Å². The molecule has 0 radical (unpaired) electrons. The van der Waals surface area contributed by atoms with Crippen LogP contribution in [0.5, 0.6) is 0 Å². The van der Waals surface area contributed by atoms with Gasteiger partial charge in [0.1, 0.15) is 5.82 Å². The number of benzene rings is 3. The van der Waals surface area contributed by atoms with Crippen LogP contribution in [-0.2, 0) is 17.1 Å². The molecular weight excluding hydrogens is 447 g/mol. The van der Waals surface area contributed by atoms with Gasteiger partial charge in [-0.15, -0.1) is 0 Å². The van der Waals surface area contributed by atoms with Gasteiger partial charge in [0.2, 0.25) is 0 Å². The first-order chi connectivity index (χ1) is 15.8. The molecule has 1 heterocycles. The summed E-state index contributed by atoms with van der Waals surface area (Å²) in [6, 6.07) is 17.5. The Balaban J connectivity index is 1.51. The van der Waals surface area contributed by atoms with Gasteiger partial charge in [0.15, 0.2) is 0 Å². The number of para-hydroxylation sites is 2. The van der Waals surface area contributed by atoms with Crippen LogP contribution < -0.4 is 15.6 Å². The second-order valence-corrected chi connectivity index (χ2v) is 8.87. The quantitative estimate of drug-likeness (QED) is 0.393. The molecule has 0 aliphatic heterocycles. The summed E-state index contributed by atoms with van der Waals surface area (Å²) in [6.07, 6.45) is 1.65. The minimum absolute atomic E-state index is 0.00117. The Morgan fingerprint density at radius 1 is 0.818 bits per heavy atom. The number of hydrazine groups is 1. The van der Waals surface area contributed by atoms with E-state index in [0.717, 1.165) is 35.2 Å². The highest BCUT2D eigenvalue weighted by Gasteiger charge is 2.20. The summed E-state index contributed by atoms with van der Waals surface area (Å²) in [7, 11) is -2.26. The van der Waals surface area contributed by atoms with E-state index in [1.807, 2.05) is 12.1 Å². The molecule has 1 aromatic heterocycles. The number of fused-ring (bicyclic) bond motifs is 1. The summed E-state index contributed by atoms with van der Waals surface area (Å²) < 4.78 is 42.5. The maximum Gasteiger partial charge on any atom is 0.271 e. The molecule has 0 fully saturated rings. The minimum atomic E-state index is -4.07. The average Bonchev–Trinajstić information content (AvgIpc) is 3.14. The molecule has 3 aromatic carbocycles. The van der Waals surface area contributed by atoms with E-state index >= 15 is 0 Å². The molecule has 0 unspecified atom stereocenters. The second kappa shape index (κ2) is 8.75. The normalized spacial score (nSPS) is 11.2. The molecule has 2 amide bonds. The smallest absolute Gasteiger partial charge is 0.271 e. The Bertz CT molecular complexity index is 1460. The summed E-state index contributed by atoms with van der Waals surface area (Å²) in [5.74, 6) is -1.82. The lowest BCUT2D eigenvalue weighted by Gasteiger charge is -2.13. The highest BCUT2D eigenvalue weighted by molar-refractivity contribution is 7.92. The summed E-state index contributed by atoms with van der Waals surface area (Å²) >= 11 is 0. The third-order valence-electron chi connectivity index (χ3n) is 4.97. The zero-order chi connectivity index (χ0) is 23.6. The van der Waals surface area contributed by atoms with Gasteiger partial charge in [-0.05, 0) is 42.5 Å². The fourth-order valence-electron chi connectivity index (χ4n) is 3.36. The van der Waals surface area contributed by atoms with Gasteiger partial charge in [-0.1, -0.05) is 30.3 Å². The number of hydrogen-bond acceptors (Lipinski definition) is 4. The van der Waals surface area contributed by atoms with Gasteiger partial charge < -0.3 is 4.57 Å². The Morgan fingerprint density at radius 2 is 1.42 bits per heavy atom. The van der Waals surface area contributed by atoms with Gasteiger partial charge >= 0.3 is 0 Å². The summed E-state index contributed by atoms with van der Waals surface area (Å²) in [6.45, 7) is 0. The Kier molecular flexibility index (Phi) is 5.84. The van der Waals surface area contributed by atoms with Crippen LogP contribution in [0, 0.1) is 5.82 Å². The van der Waals surface area contributed by atoms with Crippen molar-refractivity contribution in [3.8, 4) is 0 Å². The van der Waals surface area contributed by atoms with Crippen molar-refractivity contribution < 1.29 is 22.4 Å². The van der Waals surface area contributed by atoms with Crippen LogP contribution in [-0.4, -0.2) is 24.8 Å². The van der Waals surface area contributed by atoms with Gasteiger partial charge in [-0.3, -0.25) is 25.2 Å². The summed E-state index contributed by atoms with van der Waals surface area (Å²) in [5, 5.41) is 0.721. The van der Waals surface area contributed by atoms with Crippen molar-refractivity contribution in [3.05, 3.63) is 95.9 Å². The number of carbonyl (C=O) groups is 2. The number of hydrogen-bond donors (Lipinski definition) is 3. The lowest BCUT2D eigenvalue weighted by atomic mass is 10.1. The number of halogens is 1. The van der Waals surface area contributed by atoms with E-state index in [9.17, 15) is 22.4 Å². The minimum Gasteiger partial charge on any atom is -0.350 e. The molecular formula is C23H19FN4O4S. The molecule has 4 aromatic rings. The zero-order valence-corrected chi connectivity index (χ0v) is 18.2. The van der Waals surface area contributed by atoms with E-state index in [1.54, 1.807) is 42.1 Å². The predicted octanol–water partition coefficient (Wildman–Crippen LogP) is 3.19. The molecule has 4 rings (SSSR count). The van der Waals surface area contributed by atoms with Crippen LogP contribution in [0.1, 0.15) is 20.7 Å². The highest BCUT2D eigenvalue weighted by Crippen LogP contribution is 2.21. The fourth-order valence-corrected chi connectivity index (χ4v) is 4.44. The number of aromatic nitrogens is 1. The molecule has 0 saturated heterocycles. The third-order valence-corrected chi connectivity index (χ3v) is 6.35. The number of amides is 2. The van der Waals surface area contributed by atoms with E-state index in [-0.39, 0.29) is 16.1 Å². The van der Waals surface area contributed by atoms with Gasteiger partial charge in [-0.25, -0.2) is 12.8 Å². The molecule has 0 saturated carbocycles. The summed E-state index contributed by atoms with van der Waals surface area (Å²) in [4.78, 5) is 25.2. The predicted molar refractivity (Wildman–Crippen MR) is 122 cm³/mol. The van der Waals surface area contributed by atoms with E-state index in [0.29, 0.717) is 5.56 Å². The number of aryl methyl sites for hydroxylation is 1. The summed E-state index contributed by atoms with van der Waals surface area (Å²) in [5.41, 5.74) is 5.89. The largest absolute Gasteiger partial charge is 0.350 e. The molecule has 0 bridgehead atoms. The van der Waals surface area contributed by atoms with Crippen molar-refractivity contribution >= 4 is 38.4 Å². The van der Waals surface area contributed by atoms with Gasteiger partial charge in [-0.2, -0.15) is 0 Å². The van der Waals surface area contributed by atoms with Gasteiger partial charge in [0, 0.05) is 24.1 Å². The maximum atomic E-state index is 13.1. The van der Waals surface area contributed by atoms with Gasteiger partial charge in [0.25, 0.3) is 21.8 Å². The van der Waals surface area contributed by atoms with E-state index in [1.165, 1.54) is 12.1 Å². The van der Waals surface area contributed by atoms with E-state index < -0.39 is 27.7 Å². The number of anilines is 1. The first-order valence-corrected chi connectivity index (χ1v) is 11.3. The van der Waals surface area contributed by atoms with Crippen LogP contribution >= 0.6 is 0 Å². The molecule has 3 N–H and O–H groups in total. The van der Waals surface area contributed by atoms with Gasteiger partial charge in [0.05, 0.1) is 21.7 Å². The first-order valence-electron chi connectivity index (χ1n) is 9.78. The zero-order valence-electron chi connectivity index (χ0n) is 17.4. The molecule has 0 atom stereocenters. The number of nitrogens with one attached hydrogen (secondary N) is 3. The van der Waals surface area contributed by atoms with E-state index in [2.05, 4.69) is 15.6 Å². The van der Waals surface area contributed by atoms with Crippen molar-refractivity contribution in [2.45, 2.75) is 4.90 Å². The Hall–Kier alpha value is -4.18. The van der Waals surface area contributed by atoms with Crippen LogP contribution in [0.4, 0.5) is 10.1 Å². The van der Waals surface area contributed by atoms with Crippen molar-refractivity contribution in [1.29, 1.82) is 0 Å². The van der Waals surface area contributed by atoms with Crippen LogP contribution in [0.15, 0.2) is 83.9 Å². The Labute approximate surface area is 189 Å². The monoisotopic (exact) mass is 466 g/mol. The van der Waals surface area contributed by atoms with Crippen LogP contribution in [0.25, 0.3) is 10.9 Å². The maximum absolute atomic E-state index is 13.1. The van der Waals surface area contributed by atoms with Crippen molar-refractivity contribution in [1.82, 2.24) is 15.4 Å². The topological polar surface area (TPSA) is 109 Å². The number of sulfonamides is 1. The highest BCUT2D eigenvalue weighted by atomic mass is 32.2. The van der Waals surface area contributed by atoms with Crippen LogP contribution in [0.2, 0.25) is 0 Å². The lowest BCUT2D eigenvalue weighted by molar-refractivity contribution is 0.0848. The van der Waals surface area contributed by atoms with Crippen LogP contribution in [0.3, 0.4) is 0 Å². The molecule has 8 nitrogen and oxygen atoms in total. The molecule has 33 heavy (non-hydrogen) atoms. The number of nitrogens with zero attached hydrogens (tertiary/aromatic N) is 1. The molecule has 0 spiro atoms. The van der Waals surface area contributed by atoms with Crippen molar-refractivity contribution in [2.75, 3.05) is 4.72 Å². The first kappa shape index (κ1) is 22.0. The van der Waals surface area contributed by atoms with Crippen molar-refractivity contribution in [2.24, 2.45) is 7.05 Å². The molecule has 168 valence electrons. The third kappa shape index (κ3) is 4.55. The molecule has 0 aliphatic carbocycles.